The first-order chi connectivity index (χ1) is 5.95. The van der Waals surface area contributed by atoms with Gasteiger partial charge in [0.15, 0.2) is 0 Å². The van der Waals surface area contributed by atoms with Crippen LogP contribution in [0, 0.1) is 6.92 Å². The number of aromatic nitrogens is 1. The van der Waals surface area contributed by atoms with E-state index >= 15 is 0 Å². The third-order valence-electron chi connectivity index (χ3n) is 1.55. The maximum Gasteiger partial charge on any atom is 0.264 e. The van der Waals surface area contributed by atoms with Crippen molar-refractivity contribution >= 4 is 21.8 Å². The third-order valence-corrected chi connectivity index (χ3v) is 2.52. The molecule has 0 aliphatic heterocycles. The predicted molar refractivity (Wildman–Crippen MR) is 49.7 cm³/mol. The molecule has 70 valence electrons. The average Bonchev–Trinajstić information content (AvgIpc) is 1.99. The smallest absolute Gasteiger partial charge is 0.264 e. The number of aromatic amines is 1. The molecule has 5 nitrogen and oxygen atoms in total. The Morgan fingerprint density at radius 3 is 2.62 bits per heavy atom. The van der Waals surface area contributed by atoms with Crippen LogP contribution in [0.3, 0.4) is 0 Å². The molecule has 1 aromatic heterocycles. The number of carbonyl (C=O) groups is 1. The number of hydrogen-bond donors (Lipinski definition) is 3. The zero-order valence-electron chi connectivity index (χ0n) is 6.72. The van der Waals surface area contributed by atoms with Crippen molar-refractivity contribution in [2.24, 2.45) is 5.73 Å². The molecule has 0 atom stereocenters. The zero-order valence-corrected chi connectivity index (χ0v) is 8.31. The molecule has 0 spiro atoms. The van der Waals surface area contributed by atoms with E-state index in [1.54, 1.807) is 6.92 Å². The fourth-order valence-corrected chi connectivity index (χ4v) is 1.21. The van der Waals surface area contributed by atoms with Crippen LogP contribution in [-0.4, -0.2) is 16.0 Å². The van der Waals surface area contributed by atoms with Gasteiger partial charge in [-0.3, -0.25) is 9.59 Å². The van der Waals surface area contributed by atoms with Crippen LogP contribution in [-0.2, 0) is 0 Å². The average molecular weight is 247 g/mol. The second-order valence-electron chi connectivity index (χ2n) is 2.48. The maximum absolute atomic E-state index is 11.1. The van der Waals surface area contributed by atoms with Crippen LogP contribution >= 0.6 is 15.9 Å². The van der Waals surface area contributed by atoms with Gasteiger partial charge in [0, 0.05) is 5.69 Å². The van der Waals surface area contributed by atoms with Gasteiger partial charge in [-0.05, 0) is 22.9 Å². The van der Waals surface area contributed by atoms with Gasteiger partial charge in [-0.15, -0.1) is 0 Å². The van der Waals surface area contributed by atoms with Crippen molar-refractivity contribution in [1.29, 1.82) is 0 Å². The molecule has 0 aliphatic rings. The van der Waals surface area contributed by atoms with Crippen molar-refractivity contribution in [2.45, 2.75) is 6.92 Å². The molecular formula is C7H7BrN2O3. The summed E-state index contributed by atoms with van der Waals surface area (Å²) in [5.41, 5.74) is 4.21. The summed E-state index contributed by atoms with van der Waals surface area (Å²) in [5.74, 6) is -1.38. The van der Waals surface area contributed by atoms with Gasteiger partial charge in [-0.2, -0.15) is 0 Å². The second-order valence-corrected chi connectivity index (χ2v) is 3.27. The predicted octanol–water partition coefficient (Wildman–Crippen LogP) is 0.250. The number of H-pyrrole nitrogens is 1. The van der Waals surface area contributed by atoms with Crippen molar-refractivity contribution in [2.75, 3.05) is 0 Å². The van der Waals surface area contributed by atoms with E-state index < -0.39 is 22.8 Å². The van der Waals surface area contributed by atoms with Crippen molar-refractivity contribution < 1.29 is 9.90 Å². The fraction of sp³-hybridized carbons (Fsp3) is 0.143. The Balaban J connectivity index is 3.63. The highest BCUT2D eigenvalue weighted by Crippen LogP contribution is 2.26. The molecule has 4 N–H and O–H groups in total. The van der Waals surface area contributed by atoms with Gasteiger partial charge in [-0.1, -0.05) is 0 Å². The van der Waals surface area contributed by atoms with E-state index in [0.29, 0.717) is 5.69 Å². The van der Waals surface area contributed by atoms with Gasteiger partial charge in [0.25, 0.3) is 11.5 Å². The van der Waals surface area contributed by atoms with Crippen molar-refractivity contribution in [3.05, 3.63) is 26.1 Å². The van der Waals surface area contributed by atoms with Crippen LogP contribution in [0.15, 0.2) is 9.27 Å². The summed E-state index contributed by atoms with van der Waals surface area (Å²) in [7, 11) is 0. The standard InChI is InChI=1S/C7H7BrN2O3/c1-2-4(8)5(11)3(6(9)12)7(13)10-2/h1H3,(H2,9,12)(H2,10,11,13). The molecule has 1 heterocycles. The van der Waals surface area contributed by atoms with Gasteiger partial charge in [-0.25, -0.2) is 0 Å². The minimum absolute atomic E-state index is 0.265. The van der Waals surface area contributed by atoms with Crippen LogP contribution in [0.5, 0.6) is 5.75 Å². The zero-order chi connectivity index (χ0) is 10.2. The van der Waals surface area contributed by atoms with E-state index in [1.807, 2.05) is 0 Å². The lowest BCUT2D eigenvalue weighted by molar-refractivity contribution is 0.0996. The van der Waals surface area contributed by atoms with Crippen molar-refractivity contribution in [1.82, 2.24) is 4.98 Å². The van der Waals surface area contributed by atoms with Gasteiger partial charge in [0.2, 0.25) is 0 Å². The topological polar surface area (TPSA) is 96.2 Å². The highest BCUT2D eigenvalue weighted by Gasteiger charge is 2.17. The Bertz CT molecular complexity index is 424. The minimum atomic E-state index is -0.959. The number of hydrogen-bond acceptors (Lipinski definition) is 3. The molecule has 0 unspecified atom stereocenters. The van der Waals surface area contributed by atoms with Gasteiger partial charge in [0.1, 0.15) is 11.3 Å². The van der Waals surface area contributed by atoms with Crippen LogP contribution < -0.4 is 11.3 Å². The molecule has 0 aliphatic carbocycles. The number of halogens is 1. The van der Waals surface area contributed by atoms with Crippen LogP contribution in [0.1, 0.15) is 16.1 Å². The highest BCUT2D eigenvalue weighted by atomic mass is 79.9. The number of primary amides is 1. The van der Waals surface area contributed by atoms with Gasteiger partial charge in [0.05, 0.1) is 4.47 Å². The van der Waals surface area contributed by atoms with Crippen LogP contribution in [0.25, 0.3) is 0 Å². The second kappa shape index (κ2) is 3.21. The molecule has 0 radical (unpaired) electrons. The van der Waals surface area contributed by atoms with E-state index in [1.165, 1.54) is 0 Å². The van der Waals surface area contributed by atoms with Crippen LogP contribution in [0.2, 0.25) is 0 Å². The normalized spacial score (nSPS) is 10.0. The summed E-state index contributed by atoms with van der Waals surface area (Å²) < 4.78 is 0.265. The summed E-state index contributed by atoms with van der Waals surface area (Å²) in [6.45, 7) is 1.58. The number of nitrogens with one attached hydrogen (secondary N) is 1. The summed E-state index contributed by atoms with van der Waals surface area (Å²) in [6.07, 6.45) is 0. The lowest BCUT2D eigenvalue weighted by atomic mass is 10.2. The Labute approximate surface area is 81.7 Å². The summed E-state index contributed by atoms with van der Waals surface area (Å²) in [6, 6.07) is 0. The van der Waals surface area contributed by atoms with E-state index in [-0.39, 0.29) is 4.47 Å². The Hall–Kier alpha value is -1.30. The molecule has 1 rings (SSSR count). The summed E-state index contributed by atoms with van der Waals surface area (Å²) >= 11 is 3.00. The largest absolute Gasteiger partial charge is 0.506 e. The number of aromatic hydroxyl groups is 1. The maximum atomic E-state index is 11.1. The van der Waals surface area contributed by atoms with Gasteiger partial charge >= 0.3 is 0 Å². The molecular weight excluding hydrogens is 240 g/mol. The van der Waals surface area contributed by atoms with Crippen LogP contribution in [0.4, 0.5) is 0 Å². The quantitative estimate of drug-likeness (QED) is 0.663. The number of pyridine rings is 1. The molecule has 0 saturated heterocycles. The fourth-order valence-electron chi connectivity index (χ4n) is 0.911. The Kier molecular flexibility index (Phi) is 2.42. The van der Waals surface area contributed by atoms with E-state index in [2.05, 4.69) is 20.9 Å². The lowest BCUT2D eigenvalue weighted by Gasteiger charge is -2.03. The minimum Gasteiger partial charge on any atom is -0.506 e. The molecule has 0 bridgehead atoms. The molecule has 0 aromatic carbocycles. The first kappa shape index (κ1) is 9.79. The molecule has 1 amide bonds. The molecule has 6 heteroatoms. The first-order valence-corrected chi connectivity index (χ1v) is 4.15. The number of aryl methyl sites for hydroxylation is 1. The summed E-state index contributed by atoms with van der Waals surface area (Å²) in [4.78, 5) is 24.2. The highest BCUT2D eigenvalue weighted by molar-refractivity contribution is 9.10. The Morgan fingerprint density at radius 1 is 1.62 bits per heavy atom. The number of rotatable bonds is 1. The van der Waals surface area contributed by atoms with Crippen molar-refractivity contribution in [3.8, 4) is 5.75 Å². The number of carbonyl (C=O) groups excluding carboxylic acids is 1. The number of amides is 1. The SMILES string of the molecule is Cc1[nH]c(=O)c(C(N)=O)c(O)c1Br. The van der Waals surface area contributed by atoms with E-state index in [0.717, 1.165) is 0 Å². The van der Waals surface area contributed by atoms with E-state index in [9.17, 15) is 14.7 Å². The summed E-state index contributed by atoms with van der Waals surface area (Å²) in [5, 5.41) is 9.36. The van der Waals surface area contributed by atoms with Gasteiger partial charge < -0.3 is 15.8 Å². The lowest BCUT2D eigenvalue weighted by Crippen LogP contribution is -2.24. The first-order valence-electron chi connectivity index (χ1n) is 3.36. The Morgan fingerprint density at radius 2 is 2.15 bits per heavy atom. The molecule has 0 fully saturated rings. The number of nitrogens with two attached hydrogens (primary N) is 1. The third kappa shape index (κ3) is 1.57. The molecule has 0 saturated carbocycles. The monoisotopic (exact) mass is 246 g/mol. The van der Waals surface area contributed by atoms with E-state index in [4.69, 9.17) is 5.73 Å². The van der Waals surface area contributed by atoms with Crippen molar-refractivity contribution in [3.63, 3.8) is 0 Å². The molecule has 13 heavy (non-hydrogen) atoms. The molecule has 1 aromatic rings.